The summed E-state index contributed by atoms with van der Waals surface area (Å²) in [5.74, 6) is -0.220. The number of benzene rings is 2. The Morgan fingerprint density at radius 1 is 1.32 bits per heavy atom. The number of rotatable bonds is 6. The van der Waals surface area contributed by atoms with Crippen molar-refractivity contribution in [3.63, 3.8) is 0 Å². The molecule has 162 valence electrons. The number of aromatic amines is 2. The molecule has 1 unspecified atom stereocenters. The number of nitrogens with zero attached hydrogens (tertiary/aromatic N) is 1. The molecule has 31 heavy (non-hydrogen) atoms. The zero-order valence-corrected chi connectivity index (χ0v) is 17.5. The molecule has 0 aliphatic carbocycles. The van der Waals surface area contributed by atoms with Gasteiger partial charge in [0.05, 0.1) is 17.1 Å². The van der Waals surface area contributed by atoms with E-state index in [-0.39, 0.29) is 23.6 Å². The first-order valence-electron chi connectivity index (χ1n) is 11.0. The largest absolute Gasteiger partial charge is 0.387 e. The van der Waals surface area contributed by atoms with Gasteiger partial charge in [-0.15, -0.1) is 0 Å². The molecule has 2 aromatic carbocycles. The summed E-state index contributed by atoms with van der Waals surface area (Å²) in [4.78, 5) is 18.4. The van der Waals surface area contributed by atoms with Crippen LogP contribution in [0.3, 0.4) is 0 Å². The lowest BCUT2D eigenvalue weighted by Gasteiger charge is -2.28. The SMILES string of the molecule is CCC(CCc1cc(F)cc2cc[nH]c12)N[C@@H]1CCn2c(=O)[nH]c3cccc(c32)[C@H]1O. The molecule has 1 aliphatic rings. The molecule has 2 aromatic heterocycles. The number of fused-ring (bicyclic) bond motifs is 1. The van der Waals surface area contributed by atoms with Crippen molar-refractivity contribution in [1.29, 1.82) is 0 Å². The van der Waals surface area contributed by atoms with Gasteiger partial charge in [0.25, 0.3) is 0 Å². The molecular formula is C24H27FN4O2. The average Bonchev–Trinajstić information content (AvgIpc) is 3.32. The van der Waals surface area contributed by atoms with Crippen LogP contribution in [0.2, 0.25) is 0 Å². The van der Waals surface area contributed by atoms with Crippen LogP contribution >= 0.6 is 0 Å². The number of aromatic nitrogens is 3. The fourth-order valence-electron chi connectivity index (χ4n) is 4.96. The van der Waals surface area contributed by atoms with E-state index in [4.69, 9.17) is 0 Å². The topological polar surface area (TPSA) is 85.8 Å². The molecule has 4 aromatic rings. The Kier molecular flexibility index (Phi) is 5.16. The molecule has 3 atom stereocenters. The van der Waals surface area contributed by atoms with Crippen LogP contribution in [0.15, 0.2) is 47.4 Å². The first kappa shape index (κ1) is 20.0. The van der Waals surface area contributed by atoms with Gasteiger partial charge in [0, 0.05) is 41.3 Å². The van der Waals surface area contributed by atoms with E-state index < -0.39 is 6.10 Å². The molecule has 1 aliphatic heterocycles. The van der Waals surface area contributed by atoms with Gasteiger partial charge in [-0.2, -0.15) is 0 Å². The van der Waals surface area contributed by atoms with Gasteiger partial charge < -0.3 is 20.4 Å². The molecule has 0 saturated carbocycles. The lowest BCUT2D eigenvalue weighted by atomic mass is 9.96. The van der Waals surface area contributed by atoms with Gasteiger partial charge in [-0.1, -0.05) is 19.1 Å². The fraction of sp³-hybridized carbons (Fsp3) is 0.375. The molecule has 6 nitrogen and oxygen atoms in total. The zero-order valence-electron chi connectivity index (χ0n) is 17.5. The van der Waals surface area contributed by atoms with Crippen molar-refractivity contribution < 1.29 is 9.50 Å². The van der Waals surface area contributed by atoms with Gasteiger partial charge in [-0.3, -0.25) is 4.57 Å². The van der Waals surface area contributed by atoms with Gasteiger partial charge in [0.2, 0.25) is 0 Å². The molecule has 0 amide bonds. The Balaban J connectivity index is 1.34. The third-order valence-corrected chi connectivity index (χ3v) is 6.60. The highest BCUT2D eigenvalue weighted by atomic mass is 19.1. The molecule has 0 saturated heterocycles. The van der Waals surface area contributed by atoms with Crippen molar-refractivity contribution in [1.82, 2.24) is 19.9 Å². The monoisotopic (exact) mass is 422 g/mol. The molecule has 3 heterocycles. The number of H-pyrrole nitrogens is 2. The summed E-state index contributed by atoms with van der Waals surface area (Å²) >= 11 is 0. The lowest BCUT2D eigenvalue weighted by molar-refractivity contribution is 0.117. The van der Waals surface area contributed by atoms with Crippen LogP contribution < -0.4 is 11.0 Å². The fourth-order valence-corrected chi connectivity index (χ4v) is 4.96. The van der Waals surface area contributed by atoms with Crippen molar-refractivity contribution in [2.24, 2.45) is 0 Å². The maximum absolute atomic E-state index is 14.0. The quantitative estimate of drug-likeness (QED) is 0.382. The maximum atomic E-state index is 14.0. The van der Waals surface area contributed by atoms with E-state index in [1.54, 1.807) is 16.7 Å². The van der Waals surface area contributed by atoms with Crippen LogP contribution in [0.4, 0.5) is 4.39 Å². The molecule has 4 N–H and O–H groups in total. The molecule has 0 fully saturated rings. The highest BCUT2D eigenvalue weighted by molar-refractivity contribution is 5.82. The number of imidazole rings is 1. The van der Waals surface area contributed by atoms with E-state index in [0.29, 0.717) is 13.0 Å². The predicted molar refractivity (Wildman–Crippen MR) is 120 cm³/mol. The van der Waals surface area contributed by atoms with Crippen molar-refractivity contribution in [3.8, 4) is 0 Å². The van der Waals surface area contributed by atoms with Gasteiger partial charge in [-0.25, -0.2) is 9.18 Å². The van der Waals surface area contributed by atoms with Crippen molar-refractivity contribution in [2.45, 2.75) is 57.3 Å². The molecule has 0 radical (unpaired) electrons. The van der Waals surface area contributed by atoms with E-state index in [0.717, 1.165) is 52.3 Å². The number of hydrogen-bond acceptors (Lipinski definition) is 3. The Morgan fingerprint density at radius 3 is 3.03 bits per heavy atom. The highest BCUT2D eigenvalue weighted by Gasteiger charge is 2.29. The summed E-state index contributed by atoms with van der Waals surface area (Å²) < 4.78 is 15.7. The Hall–Kier alpha value is -2.90. The third-order valence-electron chi connectivity index (χ3n) is 6.60. The van der Waals surface area contributed by atoms with Crippen LogP contribution in [0.25, 0.3) is 21.9 Å². The second-order valence-electron chi connectivity index (χ2n) is 8.48. The smallest absolute Gasteiger partial charge is 0.326 e. The van der Waals surface area contributed by atoms with Gasteiger partial charge >= 0.3 is 5.69 Å². The van der Waals surface area contributed by atoms with Gasteiger partial charge in [0.15, 0.2) is 0 Å². The summed E-state index contributed by atoms with van der Waals surface area (Å²) in [6.45, 7) is 2.67. The summed E-state index contributed by atoms with van der Waals surface area (Å²) in [6.07, 6.45) is 4.24. The number of aliphatic hydroxyl groups excluding tert-OH is 1. The van der Waals surface area contributed by atoms with Crippen LogP contribution in [0.5, 0.6) is 0 Å². The summed E-state index contributed by atoms with van der Waals surface area (Å²) in [7, 11) is 0. The van der Waals surface area contributed by atoms with Crippen LogP contribution in [0, 0.1) is 5.82 Å². The van der Waals surface area contributed by atoms with Crippen molar-refractivity contribution >= 4 is 21.9 Å². The van der Waals surface area contributed by atoms with Crippen LogP contribution in [-0.2, 0) is 13.0 Å². The minimum atomic E-state index is -0.703. The molecule has 0 bridgehead atoms. The number of aryl methyl sites for hydroxylation is 2. The Bertz CT molecular complexity index is 1290. The standard InChI is InChI=1S/C24H27FN4O2/c1-2-17(7-6-14-12-16(25)13-15-8-10-26-21(14)15)27-20-9-11-29-22-18(23(20)30)4-3-5-19(22)28-24(29)31/h3-5,8,10,12-13,17,20,23,26-27,30H,2,6-7,9,11H2,1H3,(H,28,31)/t17?,20-,23-/m1/s1. The maximum Gasteiger partial charge on any atom is 0.326 e. The van der Waals surface area contributed by atoms with Crippen molar-refractivity contribution in [2.75, 3.05) is 0 Å². The summed E-state index contributed by atoms with van der Waals surface area (Å²) in [5, 5.41) is 15.7. The van der Waals surface area contributed by atoms with Crippen LogP contribution in [0.1, 0.15) is 43.4 Å². The second kappa shape index (κ2) is 7.98. The third kappa shape index (κ3) is 3.58. The molecule has 7 heteroatoms. The Labute approximate surface area is 179 Å². The van der Waals surface area contributed by atoms with Gasteiger partial charge in [0.1, 0.15) is 5.82 Å². The first-order chi connectivity index (χ1) is 15.0. The Morgan fingerprint density at radius 2 is 2.19 bits per heavy atom. The number of hydrogen-bond donors (Lipinski definition) is 4. The first-order valence-corrected chi connectivity index (χ1v) is 11.0. The van der Waals surface area contributed by atoms with E-state index in [9.17, 15) is 14.3 Å². The lowest BCUT2D eigenvalue weighted by Crippen LogP contribution is -2.42. The molecular weight excluding hydrogens is 395 g/mol. The average molecular weight is 423 g/mol. The number of nitrogens with one attached hydrogen (secondary N) is 3. The number of halogens is 1. The predicted octanol–water partition coefficient (Wildman–Crippen LogP) is 3.76. The normalized spacial score (nSPS) is 19.7. The van der Waals surface area contributed by atoms with Gasteiger partial charge in [-0.05, 0) is 55.5 Å². The van der Waals surface area contributed by atoms with E-state index in [1.165, 1.54) is 0 Å². The second-order valence-corrected chi connectivity index (χ2v) is 8.48. The minimum Gasteiger partial charge on any atom is -0.387 e. The summed E-state index contributed by atoms with van der Waals surface area (Å²) in [6, 6.07) is 10.7. The highest BCUT2D eigenvalue weighted by Crippen LogP contribution is 2.30. The minimum absolute atomic E-state index is 0.136. The number of para-hydroxylation sites is 1. The van der Waals surface area contributed by atoms with E-state index >= 15 is 0 Å². The van der Waals surface area contributed by atoms with Crippen LogP contribution in [-0.4, -0.2) is 31.7 Å². The van der Waals surface area contributed by atoms with E-state index in [2.05, 4.69) is 22.2 Å². The molecule has 0 spiro atoms. The molecule has 5 rings (SSSR count). The number of aliphatic hydroxyl groups is 1. The zero-order chi connectivity index (χ0) is 21.5. The summed E-state index contributed by atoms with van der Waals surface area (Å²) in [5.41, 5.74) is 4.15. The van der Waals surface area contributed by atoms with E-state index in [1.807, 2.05) is 30.5 Å². The van der Waals surface area contributed by atoms with Crippen molar-refractivity contribution in [3.05, 3.63) is 70.0 Å².